The molecule has 2 atom stereocenters. The summed E-state index contributed by atoms with van der Waals surface area (Å²) in [6.07, 6.45) is -0.0602. The van der Waals surface area contributed by atoms with E-state index in [1.54, 1.807) is 13.8 Å². The molecule has 0 aliphatic rings. The molecule has 3 N–H and O–H groups in total. The van der Waals surface area contributed by atoms with E-state index in [1.807, 2.05) is 0 Å². The van der Waals surface area contributed by atoms with E-state index in [2.05, 4.69) is 10.1 Å². The lowest BCUT2D eigenvalue weighted by atomic mass is 9.97. The first-order valence-electron chi connectivity index (χ1n) is 6.15. The van der Waals surface area contributed by atoms with Crippen molar-refractivity contribution in [1.82, 2.24) is 5.32 Å². The van der Waals surface area contributed by atoms with Gasteiger partial charge in [0.15, 0.2) is 6.61 Å². The van der Waals surface area contributed by atoms with E-state index < -0.39 is 42.3 Å². The van der Waals surface area contributed by atoms with Crippen molar-refractivity contribution >= 4 is 23.8 Å². The largest absolute Gasteiger partial charge is 0.466 e. The third kappa shape index (κ3) is 7.34. The molecule has 2 amide bonds. The van der Waals surface area contributed by atoms with Gasteiger partial charge in [-0.3, -0.25) is 19.2 Å². The monoisotopic (exact) mass is 288 g/mol. The van der Waals surface area contributed by atoms with Crippen molar-refractivity contribution in [1.29, 1.82) is 0 Å². The van der Waals surface area contributed by atoms with Crippen LogP contribution >= 0.6 is 0 Å². The van der Waals surface area contributed by atoms with Crippen molar-refractivity contribution in [3.05, 3.63) is 0 Å². The lowest BCUT2D eigenvalue weighted by molar-refractivity contribution is -0.147. The van der Waals surface area contributed by atoms with Gasteiger partial charge in [-0.1, -0.05) is 6.92 Å². The number of nitrogens with two attached hydrogens (primary N) is 1. The Morgan fingerprint density at radius 3 is 2.25 bits per heavy atom. The van der Waals surface area contributed by atoms with Crippen LogP contribution in [-0.4, -0.2) is 43.0 Å². The molecular weight excluding hydrogens is 268 g/mol. The molecule has 0 bridgehead atoms. The van der Waals surface area contributed by atoms with E-state index in [1.165, 1.54) is 0 Å². The van der Waals surface area contributed by atoms with Crippen LogP contribution in [0.1, 0.15) is 27.2 Å². The van der Waals surface area contributed by atoms with Crippen LogP contribution in [0, 0.1) is 5.92 Å². The molecule has 0 rings (SSSR count). The molecule has 20 heavy (non-hydrogen) atoms. The highest BCUT2D eigenvalue weighted by molar-refractivity contribution is 5.88. The molecule has 0 heterocycles. The van der Waals surface area contributed by atoms with Gasteiger partial charge in [-0.25, -0.2) is 0 Å². The maximum atomic E-state index is 11.5. The van der Waals surface area contributed by atoms with Gasteiger partial charge in [-0.15, -0.1) is 0 Å². The highest BCUT2D eigenvalue weighted by Gasteiger charge is 2.27. The van der Waals surface area contributed by atoms with Gasteiger partial charge in [0.25, 0.3) is 5.91 Å². The van der Waals surface area contributed by atoms with Crippen LogP contribution in [0.5, 0.6) is 0 Å². The Balaban J connectivity index is 4.48. The van der Waals surface area contributed by atoms with Crippen molar-refractivity contribution in [3.63, 3.8) is 0 Å². The summed E-state index contributed by atoms with van der Waals surface area (Å²) in [4.78, 5) is 44.7. The van der Waals surface area contributed by atoms with Gasteiger partial charge in [0, 0.05) is 6.92 Å². The number of hydrogen-bond acceptors (Lipinski definition) is 6. The zero-order chi connectivity index (χ0) is 15.7. The summed E-state index contributed by atoms with van der Waals surface area (Å²) in [5.74, 6) is -3.08. The van der Waals surface area contributed by atoms with Crippen LogP contribution in [0.4, 0.5) is 0 Å². The molecule has 0 aliphatic carbocycles. The van der Waals surface area contributed by atoms with Gasteiger partial charge in [0.05, 0.1) is 13.0 Å². The Labute approximate surface area is 117 Å². The smallest absolute Gasteiger partial charge is 0.306 e. The van der Waals surface area contributed by atoms with Crippen LogP contribution in [-0.2, 0) is 28.7 Å². The van der Waals surface area contributed by atoms with Gasteiger partial charge in [0.2, 0.25) is 5.91 Å². The van der Waals surface area contributed by atoms with Gasteiger partial charge in [-0.05, 0) is 12.8 Å². The first-order chi connectivity index (χ1) is 9.27. The molecule has 0 radical (unpaired) electrons. The van der Waals surface area contributed by atoms with E-state index in [0.29, 0.717) is 0 Å². The molecule has 0 spiro atoms. The molecule has 8 nitrogen and oxygen atoms in total. The second-order valence-corrected chi connectivity index (χ2v) is 4.21. The summed E-state index contributed by atoms with van der Waals surface area (Å²) < 4.78 is 9.24. The quantitative estimate of drug-likeness (QED) is 0.558. The number of nitrogens with one attached hydrogen (secondary N) is 1. The molecule has 8 heteroatoms. The molecule has 0 fully saturated rings. The first-order valence-corrected chi connectivity index (χ1v) is 6.15. The van der Waals surface area contributed by atoms with Crippen LogP contribution in [0.15, 0.2) is 0 Å². The summed E-state index contributed by atoms with van der Waals surface area (Å²) >= 11 is 0. The number of rotatable bonds is 8. The molecule has 0 aromatic carbocycles. The normalized spacial score (nSPS) is 12.9. The molecule has 0 unspecified atom stereocenters. The zero-order valence-electron chi connectivity index (χ0n) is 11.8. The Bertz CT molecular complexity index is 382. The van der Waals surface area contributed by atoms with E-state index in [-0.39, 0.29) is 13.0 Å². The first kappa shape index (κ1) is 17.9. The number of carbonyl (C=O) groups excluding carboxylic acids is 4. The fourth-order valence-electron chi connectivity index (χ4n) is 1.48. The molecule has 0 aliphatic heterocycles. The molecular formula is C12H20N2O6. The van der Waals surface area contributed by atoms with E-state index in [0.717, 1.165) is 6.92 Å². The lowest BCUT2D eigenvalue weighted by Gasteiger charge is -2.21. The number of carbonyl (C=O) groups is 4. The Hall–Kier alpha value is -2.12. The van der Waals surface area contributed by atoms with Crippen LogP contribution in [0.2, 0.25) is 0 Å². The molecule has 0 aromatic rings. The van der Waals surface area contributed by atoms with Gasteiger partial charge < -0.3 is 20.5 Å². The molecule has 0 saturated carbocycles. The lowest BCUT2D eigenvalue weighted by Crippen LogP contribution is -2.50. The van der Waals surface area contributed by atoms with E-state index in [9.17, 15) is 19.2 Å². The topological polar surface area (TPSA) is 125 Å². The van der Waals surface area contributed by atoms with Crippen molar-refractivity contribution in [2.75, 3.05) is 13.2 Å². The predicted molar refractivity (Wildman–Crippen MR) is 68.2 cm³/mol. The SMILES string of the molecule is CCOC(=O)C[C@H](C)[C@H](NC(=O)COC(C)=O)C(N)=O. The van der Waals surface area contributed by atoms with Gasteiger partial charge >= 0.3 is 11.9 Å². The number of amides is 2. The highest BCUT2D eigenvalue weighted by atomic mass is 16.5. The summed E-state index contributed by atoms with van der Waals surface area (Å²) in [6, 6.07) is -1.04. The molecule has 114 valence electrons. The second-order valence-electron chi connectivity index (χ2n) is 4.21. The van der Waals surface area contributed by atoms with Crippen molar-refractivity contribution in [3.8, 4) is 0 Å². The standard InChI is InChI=1S/C12H20N2O6/c1-4-19-10(17)5-7(2)11(12(13)18)14-9(16)6-20-8(3)15/h7,11H,4-6H2,1-3H3,(H2,13,18)(H,14,16)/t7-,11-/m0/s1. The fourth-order valence-corrected chi connectivity index (χ4v) is 1.48. The predicted octanol–water partition coefficient (Wildman–Crippen LogP) is -0.891. The highest BCUT2D eigenvalue weighted by Crippen LogP contribution is 2.09. The molecule has 0 aromatic heterocycles. The number of primary amides is 1. The Kier molecular flexibility index (Phi) is 7.95. The maximum Gasteiger partial charge on any atom is 0.306 e. The number of hydrogen-bond donors (Lipinski definition) is 2. The molecule has 0 saturated heterocycles. The Morgan fingerprint density at radius 2 is 1.80 bits per heavy atom. The number of ether oxygens (including phenoxy) is 2. The third-order valence-electron chi connectivity index (χ3n) is 2.39. The Morgan fingerprint density at radius 1 is 1.20 bits per heavy atom. The van der Waals surface area contributed by atoms with Gasteiger partial charge in [0.1, 0.15) is 6.04 Å². The van der Waals surface area contributed by atoms with Crippen molar-refractivity contribution in [2.45, 2.75) is 33.2 Å². The van der Waals surface area contributed by atoms with Crippen molar-refractivity contribution < 1.29 is 28.7 Å². The second kappa shape index (κ2) is 8.89. The van der Waals surface area contributed by atoms with Gasteiger partial charge in [-0.2, -0.15) is 0 Å². The minimum Gasteiger partial charge on any atom is -0.466 e. The summed E-state index contributed by atoms with van der Waals surface area (Å²) in [5.41, 5.74) is 5.18. The summed E-state index contributed by atoms with van der Waals surface area (Å²) in [6.45, 7) is 4.12. The van der Waals surface area contributed by atoms with Crippen LogP contribution < -0.4 is 11.1 Å². The maximum absolute atomic E-state index is 11.5. The minimum atomic E-state index is -1.04. The average molecular weight is 288 g/mol. The van der Waals surface area contributed by atoms with Crippen LogP contribution in [0.3, 0.4) is 0 Å². The van der Waals surface area contributed by atoms with E-state index in [4.69, 9.17) is 10.5 Å². The minimum absolute atomic E-state index is 0.0602. The number of esters is 2. The third-order valence-corrected chi connectivity index (χ3v) is 2.39. The van der Waals surface area contributed by atoms with Crippen LogP contribution in [0.25, 0.3) is 0 Å². The fraction of sp³-hybridized carbons (Fsp3) is 0.667. The summed E-state index contributed by atoms with van der Waals surface area (Å²) in [7, 11) is 0. The average Bonchev–Trinajstić information content (AvgIpc) is 2.32. The summed E-state index contributed by atoms with van der Waals surface area (Å²) in [5, 5.41) is 2.32. The van der Waals surface area contributed by atoms with Crippen molar-refractivity contribution in [2.24, 2.45) is 11.7 Å². The van der Waals surface area contributed by atoms with E-state index >= 15 is 0 Å². The zero-order valence-corrected chi connectivity index (χ0v) is 11.8.